The fraction of sp³-hybridized carbons (Fsp3) is 0.533. The van der Waals surface area contributed by atoms with Gasteiger partial charge >= 0.3 is 0 Å². The van der Waals surface area contributed by atoms with Crippen LogP contribution in [0.5, 0.6) is 0 Å². The molecule has 1 atom stereocenters. The van der Waals surface area contributed by atoms with Crippen LogP contribution in [0.1, 0.15) is 36.5 Å². The molecule has 0 radical (unpaired) electrons. The van der Waals surface area contributed by atoms with Crippen molar-refractivity contribution in [3.05, 3.63) is 23.8 Å². The Bertz CT molecular complexity index is 470. The fourth-order valence-electron chi connectivity index (χ4n) is 2.64. The Morgan fingerprint density at radius 3 is 2.74 bits per heavy atom. The Balaban J connectivity index is 2.34. The van der Waals surface area contributed by atoms with E-state index in [9.17, 15) is 4.79 Å². The lowest BCUT2D eigenvalue weighted by Gasteiger charge is -2.36. The number of nitrogens with two attached hydrogens (primary N) is 1. The number of nitrogens with zero attached hydrogens (tertiary/aromatic N) is 2. The van der Waals surface area contributed by atoms with E-state index in [1.54, 1.807) is 25.1 Å². The van der Waals surface area contributed by atoms with E-state index in [0.29, 0.717) is 11.6 Å². The summed E-state index contributed by atoms with van der Waals surface area (Å²) in [5.41, 5.74) is 8.55. The number of benzene rings is 1. The molecule has 4 nitrogen and oxygen atoms in total. The third-order valence-electron chi connectivity index (χ3n) is 3.80. The summed E-state index contributed by atoms with van der Waals surface area (Å²) >= 11 is 0. The molecule has 0 saturated carbocycles. The summed E-state index contributed by atoms with van der Waals surface area (Å²) in [6.45, 7) is 3.24. The molecule has 2 rings (SSSR count). The van der Waals surface area contributed by atoms with E-state index in [4.69, 9.17) is 5.73 Å². The first-order valence-electron chi connectivity index (χ1n) is 6.88. The summed E-state index contributed by atoms with van der Waals surface area (Å²) in [4.78, 5) is 16.0. The standard InChI is InChI=1S/C15H23N3O/c1-11-6-4-5-9-18(11)14-10-12(7-8-13(14)16)15(19)17(2)3/h7-8,10-11H,4-6,9,16H2,1-3H3. The molecule has 2 N–H and O–H groups in total. The normalized spacial score (nSPS) is 19.3. The van der Waals surface area contributed by atoms with Crippen LogP contribution in [0.15, 0.2) is 18.2 Å². The van der Waals surface area contributed by atoms with Gasteiger partial charge in [-0.2, -0.15) is 0 Å². The minimum absolute atomic E-state index is 0.0194. The van der Waals surface area contributed by atoms with Crippen molar-refractivity contribution in [1.29, 1.82) is 0 Å². The van der Waals surface area contributed by atoms with Gasteiger partial charge in [0.1, 0.15) is 0 Å². The maximum absolute atomic E-state index is 12.0. The molecule has 1 amide bonds. The molecule has 104 valence electrons. The average molecular weight is 261 g/mol. The molecule has 1 heterocycles. The van der Waals surface area contributed by atoms with Crippen molar-refractivity contribution in [2.75, 3.05) is 31.3 Å². The number of nitrogen functional groups attached to an aromatic ring is 1. The number of amides is 1. The summed E-state index contributed by atoms with van der Waals surface area (Å²) in [6.07, 6.45) is 3.65. The molecule has 1 fully saturated rings. The van der Waals surface area contributed by atoms with Crippen LogP contribution in [0.3, 0.4) is 0 Å². The van der Waals surface area contributed by atoms with E-state index in [0.717, 1.165) is 17.9 Å². The molecule has 0 aromatic heterocycles. The number of hydrogen-bond donors (Lipinski definition) is 1. The van der Waals surface area contributed by atoms with Gasteiger partial charge in [0, 0.05) is 32.2 Å². The topological polar surface area (TPSA) is 49.6 Å². The van der Waals surface area contributed by atoms with Gasteiger partial charge in [-0.05, 0) is 44.4 Å². The molecule has 1 aromatic carbocycles. The zero-order valence-corrected chi connectivity index (χ0v) is 12.0. The lowest BCUT2D eigenvalue weighted by molar-refractivity contribution is 0.0827. The third-order valence-corrected chi connectivity index (χ3v) is 3.80. The highest BCUT2D eigenvalue weighted by Crippen LogP contribution is 2.30. The highest BCUT2D eigenvalue weighted by atomic mass is 16.2. The minimum atomic E-state index is 0.0194. The maximum Gasteiger partial charge on any atom is 0.253 e. The molecule has 0 aliphatic carbocycles. The van der Waals surface area contributed by atoms with Gasteiger partial charge in [0.05, 0.1) is 11.4 Å². The number of hydrogen-bond acceptors (Lipinski definition) is 3. The third kappa shape index (κ3) is 2.83. The predicted molar refractivity (Wildman–Crippen MR) is 79.5 cm³/mol. The second kappa shape index (κ2) is 5.51. The van der Waals surface area contributed by atoms with Crippen molar-refractivity contribution in [2.24, 2.45) is 0 Å². The molecule has 1 saturated heterocycles. The van der Waals surface area contributed by atoms with Crippen molar-refractivity contribution in [3.63, 3.8) is 0 Å². The van der Waals surface area contributed by atoms with E-state index in [-0.39, 0.29) is 5.91 Å². The van der Waals surface area contributed by atoms with Gasteiger partial charge in [0.2, 0.25) is 0 Å². The second-order valence-electron chi connectivity index (χ2n) is 5.51. The highest BCUT2D eigenvalue weighted by molar-refractivity contribution is 5.96. The lowest BCUT2D eigenvalue weighted by Crippen LogP contribution is -2.38. The molecule has 19 heavy (non-hydrogen) atoms. The predicted octanol–water partition coefficient (Wildman–Crippen LogP) is 2.35. The van der Waals surface area contributed by atoms with Crippen LogP contribution in [0.25, 0.3) is 0 Å². The van der Waals surface area contributed by atoms with E-state index >= 15 is 0 Å². The summed E-state index contributed by atoms with van der Waals surface area (Å²) in [7, 11) is 3.53. The van der Waals surface area contributed by atoms with Gasteiger partial charge in [-0.15, -0.1) is 0 Å². The maximum atomic E-state index is 12.0. The van der Waals surface area contributed by atoms with Crippen LogP contribution in [0.4, 0.5) is 11.4 Å². The number of rotatable bonds is 2. The van der Waals surface area contributed by atoms with Crippen molar-refractivity contribution >= 4 is 17.3 Å². The first kappa shape index (κ1) is 13.7. The lowest BCUT2D eigenvalue weighted by atomic mass is 10.0. The van der Waals surface area contributed by atoms with Gasteiger partial charge in [0.15, 0.2) is 0 Å². The van der Waals surface area contributed by atoms with Gasteiger partial charge < -0.3 is 15.5 Å². The number of carbonyl (C=O) groups excluding carboxylic acids is 1. The molecule has 0 spiro atoms. The van der Waals surface area contributed by atoms with Crippen LogP contribution >= 0.6 is 0 Å². The van der Waals surface area contributed by atoms with E-state index in [2.05, 4.69) is 11.8 Å². The van der Waals surface area contributed by atoms with Crippen molar-refractivity contribution in [2.45, 2.75) is 32.2 Å². The Kier molecular flexibility index (Phi) is 3.98. The van der Waals surface area contributed by atoms with E-state index < -0.39 is 0 Å². The Hall–Kier alpha value is -1.71. The van der Waals surface area contributed by atoms with Crippen LogP contribution in [-0.4, -0.2) is 37.5 Å². The number of anilines is 2. The molecular formula is C15H23N3O. The van der Waals surface area contributed by atoms with Crippen LogP contribution < -0.4 is 10.6 Å². The van der Waals surface area contributed by atoms with Gasteiger partial charge in [-0.25, -0.2) is 0 Å². The molecule has 4 heteroatoms. The SMILES string of the molecule is CC1CCCCN1c1cc(C(=O)N(C)C)ccc1N. The summed E-state index contributed by atoms with van der Waals surface area (Å²) in [5, 5.41) is 0. The monoisotopic (exact) mass is 261 g/mol. The van der Waals surface area contributed by atoms with Gasteiger partial charge in [-0.1, -0.05) is 0 Å². The highest BCUT2D eigenvalue weighted by Gasteiger charge is 2.21. The molecule has 1 unspecified atom stereocenters. The zero-order valence-electron chi connectivity index (χ0n) is 12.0. The molecular weight excluding hydrogens is 238 g/mol. The molecule has 1 aromatic rings. The first-order valence-corrected chi connectivity index (χ1v) is 6.88. The smallest absolute Gasteiger partial charge is 0.253 e. The van der Waals surface area contributed by atoms with Gasteiger partial charge in [0.25, 0.3) is 5.91 Å². The average Bonchev–Trinajstić information content (AvgIpc) is 2.39. The van der Waals surface area contributed by atoms with Crippen molar-refractivity contribution in [3.8, 4) is 0 Å². The summed E-state index contributed by atoms with van der Waals surface area (Å²) < 4.78 is 0. The van der Waals surface area contributed by atoms with Crippen LogP contribution in [-0.2, 0) is 0 Å². The van der Waals surface area contributed by atoms with Crippen molar-refractivity contribution < 1.29 is 4.79 Å². The van der Waals surface area contributed by atoms with Crippen LogP contribution in [0.2, 0.25) is 0 Å². The van der Waals surface area contributed by atoms with E-state index in [1.165, 1.54) is 19.3 Å². The Morgan fingerprint density at radius 1 is 1.37 bits per heavy atom. The Morgan fingerprint density at radius 2 is 2.11 bits per heavy atom. The van der Waals surface area contributed by atoms with Crippen molar-refractivity contribution in [1.82, 2.24) is 4.90 Å². The summed E-state index contributed by atoms with van der Waals surface area (Å²) in [6, 6.07) is 6.06. The Labute approximate surface area is 115 Å². The summed E-state index contributed by atoms with van der Waals surface area (Å²) in [5.74, 6) is 0.0194. The molecule has 1 aliphatic heterocycles. The number of piperidine rings is 1. The molecule has 1 aliphatic rings. The first-order chi connectivity index (χ1) is 9.00. The zero-order chi connectivity index (χ0) is 14.0. The minimum Gasteiger partial charge on any atom is -0.397 e. The quantitative estimate of drug-likeness (QED) is 0.831. The number of carbonyl (C=O) groups is 1. The second-order valence-corrected chi connectivity index (χ2v) is 5.51. The van der Waals surface area contributed by atoms with Gasteiger partial charge in [-0.3, -0.25) is 4.79 Å². The van der Waals surface area contributed by atoms with Crippen LogP contribution in [0, 0.1) is 0 Å². The molecule has 0 bridgehead atoms. The largest absolute Gasteiger partial charge is 0.397 e. The fourth-order valence-corrected chi connectivity index (χ4v) is 2.64. The van der Waals surface area contributed by atoms with E-state index in [1.807, 2.05) is 12.1 Å².